The maximum atomic E-state index is 11.8. The summed E-state index contributed by atoms with van der Waals surface area (Å²) in [6.07, 6.45) is 3.11. The molecular weight excluding hydrogens is 198 g/mol. The van der Waals surface area contributed by atoms with Crippen LogP contribution in [0.15, 0.2) is 0 Å². The van der Waals surface area contributed by atoms with Gasteiger partial charge in [-0.3, -0.25) is 0 Å². The van der Waals surface area contributed by atoms with Gasteiger partial charge in [0, 0.05) is 6.04 Å². The van der Waals surface area contributed by atoms with Crippen LogP contribution in [0.2, 0.25) is 0 Å². The summed E-state index contributed by atoms with van der Waals surface area (Å²) < 4.78 is 23.7. The third-order valence-corrected chi connectivity index (χ3v) is 6.09. The highest BCUT2D eigenvalue weighted by molar-refractivity contribution is 7.92. The number of hydrogen-bond donors (Lipinski definition) is 1. The quantitative estimate of drug-likeness (QED) is 0.711. The largest absolute Gasteiger partial charge is 0.312 e. The smallest absolute Gasteiger partial charge is 0.154 e. The van der Waals surface area contributed by atoms with Crippen molar-refractivity contribution in [1.82, 2.24) is 5.32 Å². The summed E-state index contributed by atoms with van der Waals surface area (Å²) >= 11 is 0. The summed E-state index contributed by atoms with van der Waals surface area (Å²) in [6, 6.07) is 0.192. The van der Waals surface area contributed by atoms with Crippen molar-refractivity contribution in [2.75, 3.05) is 12.3 Å². The molecule has 14 heavy (non-hydrogen) atoms. The molecule has 82 valence electrons. The number of hydrogen-bond acceptors (Lipinski definition) is 3. The molecule has 1 saturated heterocycles. The van der Waals surface area contributed by atoms with E-state index in [1.165, 1.54) is 12.8 Å². The lowest BCUT2D eigenvalue weighted by Gasteiger charge is -2.22. The van der Waals surface area contributed by atoms with Crippen LogP contribution in [0.1, 0.15) is 33.1 Å². The Morgan fingerprint density at radius 2 is 2.00 bits per heavy atom. The molecular formula is C10H19NO2S. The lowest BCUT2D eigenvalue weighted by molar-refractivity contribution is 0.388. The first kappa shape index (κ1) is 10.4. The highest BCUT2D eigenvalue weighted by atomic mass is 32.2. The van der Waals surface area contributed by atoms with Crippen LogP contribution < -0.4 is 5.32 Å². The van der Waals surface area contributed by atoms with Crippen molar-refractivity contribution < 1.29 is 8.42 Å². The van der Waals surface area contributed by atoms with Crippen molar-refractivity contribution in [3.63, 3.8) is 0 Å². The van der Waals surface area contributed by atoms with Gasteiger partial charge >= 0.3 is 0 Å². The minimum absolute atomic E-state index is 0.164. The Hall–Kier alpha value is -0.0900. The summed E-state index contributed by atoms with van der Waals surface area (Å²) in [5.41, 5.74) is 0.261. The highest BCUT2D eigenvalue weighted by Crippen LogP contribution is 2.48. The first-order chi connectivity index (χ1) is 6.44. The molecule has 3 nitrogen and oxygen atoms in total. The molecule has 0 amide bonds. The molecule has 4 heteroatoms. The van der Waals surface area contributed by atoms with Gasteiger partial charge in [-0.05, 0) is 38.1 Å². The van der Waals surface area contributed by atoms with Crippen LogP contribution in [-0.2, 0) is 9.84 Å². The SMILES string of the molecule is CC1CCNC(C2(C)CC2)CS1(=O)=O. The average molecular weight is 217 g/mol. The second-order valence-electron chi connectivity index (χ2n) is 5.09. The van der Waals surface area contributed by atoms with Crippen molar-refractivity contribution in [1.29, 1.82) is 0 Å². The van der Waals surface area contributed by atoms with Crippen LogP contribution in [0.4, 0.5) is 0 Å². The fourth-order valence-electron chi connectivity index (χ4n) is 2.09. The van der Waals surface area contributed by atoms with E-state index in [4.69, 9.17) is 0 Å². The van der Waals surface area contributed by atoms with Crippen LogP contribution in [0.3, 0.4) is 0 Å². The normalized spacial score (nSPS) is 40.1. The first-order valence-electron chi connectivity index (χ1n) is 5.39. The van der Waals surface area contributed by atoms with Gasteiger partial charge in [0.05, 0.1) is 11.0 Å². The molecule has 2 aliphatic rings. The fraction of sp³-hybridized carbons (Fsp3) is 1.00. The molecule has 0 spiro atoms. The predicted molar refractivity (Wildman–Crippen MR) is 57.0 cm³/mol. The van der Waals surface area contributed by atoms with Gasteiger partial charge in [0.25, 0.3) is 0 Å². The molecule has 0 bridgehead atoms. The van der Waals surface area contributed by atoms with Crippen molar-refractivity contribution >= 4 is 9.84 Å². The third kappa shape index (κ3) is 1.82. The zero-order valence-corrected chi connectivity index (χ0v) is 9.73. The Labute approximate surface area is 86.2 Å². The van der Waals surface area contributed by atoms with Crippen molar-refractivity contribution in [2.24, 2.45) is 5.41 Å². The van der Waals surface area contributed by atoms with Crippen LogP contribution in [0, 0.1) is 5.41 Å². The van der Waals surface area contributed by atoms with E-state index in [2.05, 4.69) is 12.2 Å². The Kier molecular flexibility index (Phi) is 2.39. The number of nitrogens with one attached hydrogen (secondary N) is 1. The van der Waals surface area contributed by atoms with Crippen molar-refractivity contribution in [2.45, 2.75) is 44.4 Å². The average Bonchev–Trinajstić information content (AvgIpc) is 2.82. The standard InChI is InChI=1S/C10H19NO2S/c1-8-3-6-11-9(7-14(8,12)13)10(2)4-5-10/h8-9,11H,3-7H2,1-2H3. The van der Waals surface area contributed by atoms with E-state index in [0.29, 0.717) is 5.75 Å². The minimum atomic E-state index is -2.85. The van der Waals surface area contributed by atoms with Crippen LogP contribution in [0.5, 0.6) is 0 Å². The molecule has 0 aromatic rings. The monoisotopic (exact) mass is 217 g/mol. The maximum Gasteiger partial charge on any atom is 0.154 e. The van der Waals surface area contributed by atoms with E-state index < -0.39 is 9.84 Å². The summed E-state index contributed by atoms with van der Waals surface area (Å²) in [5.74, 6) is 0.338. The lowest BCUT2D eigenvalue weighted by Crippen LogP contribution is -2.40. The molecule has 0 radical (unpaired) electrons. The fourth-order valence-corrected chi connectivity index (χ4v) is 3.88. The first-order valence-corrected chi connectivity index (χ1v) is 7.10. The zero-order chi connectivity index (χ0) is 10.4. The van der Waals surface area contributed by atoms with Gasteiger partial charge < -0.3 is 5.32 Å². The summed E-state index contributed by atoms with van der Waals surface area (Å²) in [5, 5.41) is 3.23. The van der Waals surface area contributed by atoms with Gasteiger partial charge in [-0.2, -0.15) is 0 Å². The molecule has 2 unspecified atom stereocenters. The minimum Gasteiger partial charge on any atom is -0.312 e. The Morgan fingerprint density at radius 3 is 2.57 bits per heavy atom. The van der Waals surface area contributed by atoms with E-state index in [-0.39, 0.29) is 16.7 Å². The maximum absolute atomic E-state index is 11.8. The molecule has 1 heterocycles. The molecule has 0 aromatic carbocycles. The number of rotatable bonds is 1. The van der Waals surface area contributed by atoms with Gasteiger partial charge in [0.15, 0.2) is 9.84 Å². The van der Waals surface area contributed by atoms with E-state index in [9.17, 15) is 8.42 Å². The zero-order valence-electron chi connectivity index (χ0n) is 8.91. The van der Waals surface area contributed by atoms with Gasteiger partial charge in [-0.15, -0.1) is 0 Å². The Morgan fingerprint density at radius 1 is 1.36 bits per heavy atom. The molecule has 2 atom stereocenters. The van der Waals surface area contributed by atoms with E-state index in [0.717, 1.165) is 13.0 Å². The van der Waals surface area contributed by atoms with Gasteiger partial charge in [0.2, 0.25) is 0 Å². The third-order valence-electron chi connectivity index (χ3n) is 3.83. The second kappa shape index (κ2) is 3.20. The van der Waals surface area contributed by atoms with Crippen LogP contribution >= 0.6 is 0 Å². The van der Waals surface area contributed by atoms with E-state index in [1.54, 1.807) is 0 Å². The Balaban J connectivity index is 2.16. The summed E-state index contributed by atoms with van der Waals surface area (Å²) in [6.45, 7) is 4.87. The van der Waals surface area contributed by atoms with Crippen molar-refractivity contribution in [3.8, 4) is 0 Å². The molecule has 0 aromatic heterocycles. The highest BCUT2D eigenvalue weighted by Gasteiger charge is 2.47. The lowest BCUT2D eigenvalue weighted by atomic mass is 10.0. The van der Waals surface area contributed by atoms with Crippen molar-refractivity contribution in [3.05, 3.63) is 0 Å². The van der Waals surface area contributed by atoms with Gasteiger partial charge in [0.1, 0.15) is 0 Å². The predicted octanol–water partition coefficient (Wildman–Crippen LogP) is 0.952. The topological polar surface area (TPSA) is 46.2 Å². The van der Waals surface area contributed by atoms with E-state index >= 15 is 0 Å². The molecule has 1 saturated carbocycles. The van der Waals surface area contributed by atoms with Gasteiger partial charge in [-0.25, -0.2) is 8.42 Å². The number of sulfone groups is 1. The summed E-state index contributed by atoms with van der Waals surface area (Å²) in [4.78, 5) is 0. The Bertz CT molecular complexity index is 319. The van der Waals surface area contributed by atoms with E-state index in [1.807, 2.05) is 6.92 Å². The van der Waals surface area contributed by atoms with Crippen LogP contribution in [-0.4, -0.2) is 32.0 Å². The summed E-state index contributed by atoms with van der Waals surface area (Å²) in [7, 11) is -2.85. The molecule has 1 aliphatic carbocycles. The second-order valence-corrected chi connectivity index (χ2v) is 7.55. The molecule has 1 N–H and O–H groups in total. The molecule has 1 aliphatic heterocycles. The van der Waals surface area contributed by atoms with Gasteiger partial charge in [-0.1, -0.05) is 6.92 Å². The molecule has 2 rings (SSSR count). The molecule has 2 fully saturated rings. The van der Waals surface area contributed by atoms with Crippen LogP contribution in [0.25, 0.3) is 0 Å².